The number of pyridine rings is 2. The quantitative estimate of drug-likeness (QED) is 0.780. The van der Waals surface area contributed by atoms with Crippen LogP contribution in [-0.2, 0) is 6.54 Å². The van der Waals surface area contributed by atoms with Crippen LogP contribution in [0.25, 0.3) is 22.0 Å². The highest BCUT2D eigenvalue weighted by atomic mass is 16.5. The van der Waals surface area contributed by atoms with E-state index in [2.05, 4.69) is 10.3 Å². The molecule has 2 heterocycles. The predicted octanol–water partition coefficient (Wildman–Crippen LogP) is 3.52. The molecule has 0 radical (unpaired) electrons. The number of fused-ring (bicyclic) bond motifs is 1. The lowest BCUT2D eigenvalue weighted by Crippen LogP contribution is -2.21. The molecule has 1 aromatic carbocycles. The van der Waals surface area contributed by atoms with Crippen molar-refractivity contribution in [2.24, 2.45) is 0 Å². The van der Waals surface area contributed by atoms with Crippen LogP contribution in [0.1, 0.15) is 13.8 Å². The molecular weight excluding hydrogens is 302 g/mol. The van der Waals surface area contributed by atoms with Gasteiger partial charge in [0.05, 0.1) is 12.6 Å². The second-order valence-electron chi connectivity index (χ2n) is 5.50. The first kappa shape index (κ1) is 16.1. The van der Waals surface area contributed by atoms with Crippen molar-refractivity contribution < 1.29 is 4.74 Å². The lowest BCUT2D eigenvalue weighted by Gasteiger charge is -2.13. The van der Waals surface area contributed by atoms with Crippen molar-refractivity contribution in [2.75, 3.05) is 19.0 Å². The summed E-state index contributed by atoms with van der Waals surface area (Å²) in [5.41, 5.74) is 2.38. The fraction of sp³-hybridized carbons (Fsp3) is 0.263. The number of benzene rings is 1. The number of methoxy groups -OCH3 is 1. The van der Waals surface area contributed by atoms with Gasteiger partial charge in [-0.1, -0.05) is 12.1 Å². The minimum atomic E-state index is -0.00750. The molecule has 0 bridgehead atoms. The number of hydrogen-bond acceptors (Lipinski definition) is 4. The Labute approximate surface area is 140 Å². The Kier molecular flexibility index (Phi) is 4.51. The molecule has 0 unspecified atom stereocenters. The van der Waals surface area contributed by atoms with Gasteiger partial charge in [-0.05, 0) is 37.6 Å². The van der Waals surface area contributed by atoms with Gasteiger partial charge in [0.25, 0.3) is 5.56 Å². The molecule has 3 aromatic rings. The van der Waals surface area contributed by atoms with Crippen molar-refractivity contribution in [1.82, 2.24) is 9.55 Å². The largest absolute Gasteiger partial charge is 0.497 e. The molecule has 24 heavy (non-hydrogen) atoms. The Balaban J connectivity index is 2.25. The zero-order chi connectivity index (χ0) is 17.1. The molecule has 0 saturated carbocycles. The fourth-order valence-corrected chi connectivity index (χ4v) is 2.86. The van der Waals surface area contributed by atoms with Crippen LogP contribution in [0, 0.1) is 0 Å². The van der Waals surface area contributed by atoms with E-state index in [0.717, 1.165) is 34.6 Å². The molecule has 124 valence electrons. The Hall–Kier alpha value is -2.82. The third-order valence-corrected chi connectivity index (χ3v) is 4.03. The zero-order valence-electron chi connectivity index (χ0n) is 14.2. The lowest BCUT2D eigenvalue weighted by atomic mass is 10.0. The number of nitrogens with one attached hydrogen (secondary N) is 1. The number of rotatable bonds is 5. The van der Waals surface area contributed by atoms with E-state index in [1.165, 1.54) is 0 Å². The second-order valence-corrected chi connectivity index (χ2v) is 5.50. The van der Waals surface area contributed by atoms with Crippen LogP contribution in [0.4, 0.5) is 5.82 Å². The molecule has 0 aliphatic carbocycles. The Morgan fingerprint density at radius 2 is 2.04 bits per heavy atom. The highest BCUT2D eigenvalue weighted by Crippen LogP contribution is 2.25. The molecular formula is C19H21N3O2. The second kappa shape index (κ2) is 6.74. The summed E-state index contributed by atoms with van der Waals surface area (Å²) < 4.78 is 7.06. The summed E-state index contributed by atoms with van der Waals surface area (Å²) in [5, 5.41) is 4.13. The summed E-state index contributed by atoms with van der Waals surface area (Å²) in [5.74, 6) is 1.51. The van der Waals surface area contributed by atoms with Crippen molar-refractivity contribution in [1.29, 1.82) is 0 Å². The van der Waals surface area contributed by atoms with Crippen LogP contribution in [0.5, 0.6) is 5.75 Å². The van der Waals surface area contributed by atoms with Gasteiger partial charge in [0.2, 0.25) is 0 Å². The maximum absolute atomic E-state index is 13.0. The lowest BCUT2D eigenvalue weighted by molar-refractivity contribution is 0.415. The van der Waals surface area contributed by atoms with Crippen molar-refractivity contribution in [3.8, 4) is 16.9 Å². The maximum atomic E-state index is 13.0. The highest BCUT2D eigenvalue weighted by molar-refractivity contribution is 5.85. The van der Waals surface area contributed by atoms with Gasteiger partial charge < -0.3 is 14.6 Å². The van der Waals surface area contributed by atoms with Crippen LogP contribution in [0.15, 0.2) is 47.4 Å². The van der Waals surface area contributed by atoms with Gasteiger partial charge in [-0.3, -0.25) is 4.79 Å². The molecule has 0 aliphatic rings. The molecule has 0 atom stereocenters. The Morgan fingerprint density at radius 3 is 2.75 bits per heavy atom. The van der Waals surface area contributed by atoms with Gasteiger partial charge in [-0.2, -0.15) is 0 Å². The number of anilines is 1. The summed E-state index contributed by atoms with van der Waals surface area (Å²) in [6.07, 6.45) is 1.81. The Morgan fingerprint density at radius 1 is 1.21 bits per heavy atom. The van der Waals surface area contributed by atoms with Crippen LogP contribution >= 0.6 is 0 Å². The minimum absolute atomic E-state index is 0.00750. The van der Waals surface area contributed by atoms with Crippen molar-refractivity contribution in [3.05, 3.63) is 52.9 Å². The zero-order valence-corrected chi connectivity index (χ0v) is 14.2. The first-order valence-corrected chi connectivity index (χ1v) is 8.09. The number of aryl methyl sites for hydroxylation is 1. The SMILES string of the molecule is CCNc1cc2c(cn1)cc(-c1cccc(OC)c1)c(=O)n2CC. The minimum Gasteiger partial charge on any atom is -0.497 e. The van der Waals surface area contributed by atoms with Crippen molar-refractivity contribution >= 4 is 16.7 Å². The molecule has 3 rings (SSSR count). The fourth-order valence-electron chi connectivity index (χ4n) is 2.86. The summed E-state index contributed by atoms with van der Waals surface area (Å²) >= 11 is 0. The van der Waals surface area contributed by atoms with Crippen LogP contribution in [0.2, 0.25) is 0 Å². The Bertz CT molecular complexity index is 932. The molecule has 2 aromatic heterocycles. The molecule has 0 aliphatic heterocycles. The first-order valence-electron chi connectivity index (χ1n) is 8.09. The molecule has 0 fully saturated rings. The van der Waals surface area contributed by atoms with Gasteiger partial charge in [0.1, 0.15) is 11.6 Å². The van der Waals surface area contributed by atoms with Crippen molar-refractivity contribution in [3.63, 3.8) is 0 Å². The molecule has 5 heteroatoms. The molecule has 5 nitrogen and oxygen atoms in total. The van der Waals surface area contributed by atoms with Gasteiger partial charge in [-0.15, -0.1) is 0 Å². The standard InChI is InChI=1S/C19H21N3O2/c1-4-20-18-11-17-14(12-21-18)10-16(19(23)22(17)5-2)13-7-6-8-15(9-13)24-3/h6-12H,4-5H2,1-3H3,(H,20,21). The monoisotopic (exact) mass is 323 g/mol. The predicted molar refractivity (Wildman–Crippen MR) is 97.8 cm³/mol. The highest BCUT2D eigenvalue weighted by Gasteiger charge is 2.12. The van der Waals surface area contributed by atoms with E-state index in [0.29, 0.717) is 12.1 Å². The molecule has 0 saturated heterocycles. The van der Waals surface area contributed by atoms with Gasteiger partial charge in [0, 0.05) is 36.3 Å². The summed E-state index contributed by atoms with van der Waals surface area (Å²) in [6.45, 7) is 5.38. The molecule has 0 amide bonds. The van der Waals surface area contributed by atoms with E-state index >= 15 is 0 Å². The normalized spacial score (nSPS) is 10.8. The first-order chi connectivity index (χ1) is 11.7. The maximum Gasteiger partial charge on any atom is 0.258 e. The smallest absolute Gasteiger partial charge is 0.258 e. The van der Waals surface area contributed by atoms with Crippen LogP contribution in [0.3, 0.4) is 0 Å². The number of aromatic nitrogens is 2. The number of ether oxygens (including phenoxy) is 1. The van der Waals surface area contributed by atoms with Gasteiger partial charge in [0.15, 0.2) is 0 Å². The summed E-state index contributed by atoms with van der Waals surface area (Å²) in [4.78, 5) is 17.4. The van der Waals surface area contributed by atoms with E-state index in [9.17, 15) is 4.79 Å². The topological polar surface area (TPSA) is 56.2 Å². The van der Waals surface area contributed by atoms with E-state index in [1.54, 1.807) is 11.7 Å². The number of hydrogen-bond donors (Lipinski definition) is 1. The third kappa shape index (κ3) is 2.85. The van der Waals surface area contributed by atoms with Crippen LogP contribution in [-0.4, -0.2) is 23.2 Å². The summed E-state index contributed by atoms with van der Waals surface area (Å²) in [7, 11) is 1.62. The summed E-state index contributed by atoms with van der Waals surface area (Å²) in [6, 6.07) is 11.4. The average molecular weight is 323 g/mol. The van der Waals surface area contributed by atoms with E-state index in [4.69, 9.17) is 4.74 Å². The van der Waals surface area contributed by atoms with Crippen LogP contribution < -0.4 is 15.6 Å². The van der Waals surface area contributed by atoms with E-state index < -0.39 is 0 Å². The van der Waals surface area contributed by atoms with E-state index in [-0.39, 0.29) is 5.56 Å². The molecule has 1 N–H and O–H groups in total. The third-order valence-electron chi connectivity index (χ3n) is 4.03. The van der Waals surface area contributed by atoms with Gasteiger partial charge in [-0.25, -0.2) is 4.98 Å². The molecule has 0 spiro atoms. The number of nitrogens with zero attached hydrogens (tertiary/aromatic N) is 2. The van der Waals surface area contributed by atoms with Gasteiger partial charge >= 0.3 is 0 Å². The van der Waals surface area contributed by atoms with E-state index in [1.807, 2.05) is 56.4 Å². The van der Waals surface area contributed by atoms with Crippen molar-refractivity contribution in [2.45, 2.75) is 20.4 Å². The average Bonchev–Trinajstić information content (AvgIpc) is 2.61.